The van der Waals surface area contributed by atoms with E-state index in [-0.39, 0.29) is 11.7 Å². The number of hydrogen-bond acceptors (Lipinski definition) is 2. The van der Waals surface area contributed by atoms with Crippen molar-refractivity contribution >= 4 is 27.5 Å². The first-order chi connectivity index (χ1) is 9.40. The van der Waals surface area contributed by atoms with Crippen molar-refractivity contribution in [2.75, 3.05) is 5.32 Å². The number of halogens is 1. The van der Waals surface area contributed by atoms with Crippen LogP contribution in [0.25, 0.3) is 0 Å². The van der Waals surface area contributed by atoms with Crippen LogP contribution >= 0.6 is 15.9 Å². The minimum absolute atomic E-state index is 0.123. The second-order valence-electron chi connectivity index (χ2n) is 4.84. The summed E-state index contributed by atoms with van der Waals surface area (Å²) in [6.45, 7) is 5.67. The molecule has 2 aromatic carbocycles. The number of nitrogens with one attached hydrogen (secondary N) is 1. The molecule has 2 aromatic rings. The summed E-state index contributed by atoms with van der Waals surface area (Å²) in [6.07, 6.45) is 0. The van der Waals surface area contributed by atoms with Crippen LogP contribution in [-0.4, -0.2) is 11.0 Å². The van der Waals surface area contributed by atoms with Crippen LogP contribution in [-0.2, 0) is 0 Å². The van der Waals surface area contributed by atoms with Gasteiger partial charge in [-0.2, -0.15) is 0 Å². The summed E-state index contributed by atoms with van der Waals surface area (Å²) in [7, 11) is 0. The number of benzene rings is 2. The van der Waals surface area contributed by atoms with Crippen molar-refractivity contribution in [3.05, 3.63) is 57.1 Å². The van der Waals surface area contributed by atoms with Crippen molar-refractivity contribution in [1.29, 1.82) is 0 Å². The minimum Gasteiger partial charge on any atom is -0.508 e. The van der Waals surface area contributed by atoms with Gasteiger partial charge in [0.2, 0.25) is 0 Å². The third kappa shape index (κ3) is 2.85. The Morgan fingerprint density at radius 2 is 1.90 bits per heavy atom. The standard InChI is InChI=1S/C16H16BrNO2/c1-9-7-10(2)15(13(17)8-9)18-16(20)12-5-4-6-14(19)11(12)3/h4-8,19H,1-3H3,(H,18,20). The van der Waals surface area contributed by atoms with Crippen LogP contribution in [0.1, 0.15) is 27.0 Å². The molecule has 2 N–H and O–H groups in total. The second-order valence-corrected chi connectivity index (χ2v) is 5.70. The first kappa shape index (κ1) is 14.6. The van der Waals surface area contributed by atoms with Gasteiger partial charge in [0.1, 0.15) is 5.75 Å². The molecule has 0 aliphatic carbocycles. The summed E-state index contributed by atoms with van der Waals surface area (Å²) in [4.78, 5) is 12.3. The molecule has 0 aliphatic rings. The summed E-state index contributed by atoms with van der Waals surface area (Å²) in [6, 6.07) is 8.89. The molecule has 4 heteroatoms. The molecule has 0 fully saturated rings. The van der Waals surface area contributed by atoms with E-state index >= 15 is 0 Å². The number of rotatable bonds is 2. The van der Waals surface area contributed by atoms with E-state index in [1.54, 1.807) is 25.1 Å². The molecule has 0 atom stereocenters. The number of phenols is 1. The number of hydrogen-bond donors (Lipinski definition) is 2. The fraction of sp³-hybridized carbons (Fsp3) is 0.188. The van der Waals surface area contributed by atoms with Crippen molar-refractivity contribution in [2.45, 2.75) is 20.8 Å². The summed E-state index contributed by atoms with van der Waals surface area (Å²) in [5, 5.41) is 12.6. The molecule has 0 saturated heterocycles. The Labute approximate surface area is 126 Å². The average Bonchev–Trinajstić information content (AvgIpc) is 2.36. The molecular weight excluding hydrogens is 318 g/mol. The maximum absolute atomic E-state index is 12.3. The van der Waals surface area contributed by atoms with Gasteiger partial charge >= 0.3 is 0 Å². The fourth-order valence-corrected chi connectivity index (χ4v) is 2.90. The predicted molar refractivity (Wildman–Crippen MR) is 84.4 cm³/mol. The van der Waals surface area contributed by atoms with Crippen LogP contribution in [0.4, 0.5) is 5.69 Å². The predicted octanol–water partition coefficient (Wildman–Crippen LogP) is 4.33. The lowest BCUT2D eigenvalue weighted by atomic mass is 10.1. The molecule has 0 bridgehead atoms. The third-order valence-electron chi connectivity index (χ3n) is 3.22. The SMILES string of the molecule is Cc1cc(C)c(NC(=O)c2cccc(O)c2C)c(Br)c1. The van der Waals surface area contributed by atoms with Crippen molar-refractivity contribution < 1.29 is 9.90 Å². The Balaban J connectivity index is 2.36. The number of aryl methyl sites for hydroxylation is 2. The lowest BCUT2D eigenvalue weighted by molar-refractivity contribution is 0.102. The van der Waals surface area contributed by atoms with E-state index in [2.05, 4.69) is 21.2 Å². The van der Waals surface area contributed by atoms with E-state index in [0.29, 0.717) is 11.1 Å². The molecule has 0 aromatic heterocycles. The Morgan fingerprint density at radius 3 is 2.55 bits per heavy atom. The minimum atomic E-state index is -0.231. The molecule has 104 valence electrons. The average molecular weight is 334 g/mol. The zero-order valence-corrected chi connectivity index (χ0v) is 13.2. The van der Waals surface area contributed by atoms with Crippen LogP contribution in [0.2, 0.25) is 0 Å². The number of carbonyl (C=O) groups is 1. The van der Waals surface area contributed by atoms with E-state index in [0.717, 1.165) is 21.3 Å². The highest BCUT2D eigenvalue weighted by Crippen LogP contribution is 2.29. The van der Waals surface area contributed by atoms with Crippen LogP contribution in [0.5, 0.6) is 5.75 Å². The van der Waals surface area contributed by atoms with Gasteiger partial charge in [-0.05, 0) is 66.0 Å². The van der Waals surface area contributed by atoms with E-state index in [9.17, 15) is 9.90 Å². The van der Waals surface area contributed by atoms with Crippen molar-refractivity contribution in [3.63, 3.8) is 0 Å². The Hall–Kier alpha value is -1.81. The lowest BCUT2D eigenvalue weighted by Crippen LogP contribution is -2.14. The van der Waals surface area contributed by atoms with Crippen molar-refractivity contribution in [2.24, 2.45) is 0 Å². The normalized spacial score (nSPS) is 10.4. The summed E-state index contributed by atoms with van der Waals surface area (Å²) < 4.78 is 0.848. The number of phenolic OH excluding ortho intramolecular Hbond substituents is 1. The van der Waals surface area contributed by atoms with E-state index in [1.807, 2.05) is 26.0 Å². The van der Waals surface area contributed by atoms with Gasteiger partial charge in [-0.3, -0.25) is 4.79 Å². The highest BCUT2D eigenvalue weighted by Gasteiger charge is 2.14. The number of anilines is 1. The second kappa shape index (κ2) is 5.67. The molecule has 2 rings (SSSR count). The zero-order valence-electron chi connectivity index (χ0n) is 11.6. The quantitative estimate of drug-likeness (QED) is 0.859. The summed E-state index contributed by atoms with van der Waals surface area (Å²) >= 11 is 3.47. The summed E-state index contributed by atoms with van der Waals surface area (Å²) in [5.41, 5.74) is 3.91. The number of carbonyl (C=O) groups excluding carboxylic acids is 1. The van der Waals surface area contributed by atoms with Gasteiger partial charge < -0.3 is 10.4 Å². The van der Waals surface area contributed by atoms with E-state index in [4.69, 9.17) is 0 Å². The zero-order chi connectivity index (χ0) is 14.9. The van der Waals surface area contributed by atoms with Crippen LogP contribution in [0, 0.1) is 20.8 Å². The topological polar surface area (TPSA) is 49.3 Å². The van der Waals surface area contributed by atoms with Gasteiger partial charge in [-0.1, -0.05) is 12.1 Å². The van der Waals surface area contributed by atoms with E-state index < -0.39 is 0 Å². The third-order valence-corrected chi connectivity index (χ3v) is 3.85. The highest BCUT2D eigenvalue weighted by atomic mass is 79.9. The first-order valence-electron chi connectivity index (χ1n) is 6.27. The number of aromatic hydroxyl groups is 1. The molecule has 0 unspecified atom stereocenters. The lowest BCUT2D eigenvalue weighted by Gasteiger charge is -2.13. The molecule has 1 amide bonds. The van der Waals surface area contributed by atoms with Crippen molar-refractivity contribution in [3.8, 4) is 5.75 Å². The molecule has 0 radical (unpaired) electrons. The van der Waals surface area contributed by atoms with Gasteiger partial charge in [0.25, 0.3) is 5.91 Å². The van der Waals surface area contributed by atoms with E-state index in [1.165, 1.54) is 0 Å². The maximum Gasteiger partial charge on any atom is 0.256 e. The summed E-state index contributed by atoms with van der Waals surface area (Å²) in [5.74, 6) is -0.108. The molecule has 0 heterocycles. The van der Waals surface area contributed by atoms with Crippen molar-refractivity contribution in [1.82, 2.24) is 0 Å². The van der Waals surface area contributed by atoms with Gasteiger partial charge in [-0.25, -0.2) is 0 Å². The fourth-order valence-electron chi connectivity index (χ4n) is 2.12. The Bertz CT molecular complexity index is 657. The van der Waals surface area contributed by atoms with Gasteiger partial charge in [0.15, 0.2) is 0 Å². The molecule has 20 heavy (non-hydrogen) atoms. The van der Waals surface area contributed by atoms with Crippen LogP contribution < -0.4 is 5.32 Å². The molecular formula is C16H16BrNO2. The van der Waals surface area contributed by atoms with Crippen LogP contribution in [0.3, 0.4) is 0 Å². The van der Waals surface area contributed by atoms with Gasteiger partial charge in [0, 0.05) is 15.6 Å². The molecule has 3 nitrogen and oxygen atoms in total. The van der Waals surface area contributed by atoms with Crippen LogP contribution in [0.15, 0.2) is 34.8 Å². The maximum atomic E-state index is 12.3. The monoisotopic (exact) mass is 333 g/mol. The van der Waals surface area contributed by atoms with Gasteiger partial charge in [-0.15, -0.1) is 0 Å². The Morgan fingerprint density at radius 1 is 1.20 bits per heavy atom. The molecule has 0 spiro atoms. The molecule has 0 aliphatic heterocycles. The van der Waals surface area contributed by atoms with Gasteiger partial charge in [0.05, 0.1) is 5.69 Å². The highest BCUT2D eigenvalue weighted by molar-refractivity contribution is 9.10. The largest absolute Gasteiger partial charge is 0.508 e. The first-order valence-corrected chi connectivity index (χ1v) is 7.06. The Kier molecular flexibility index (Phi) is 4.14. The number of amides is 1. The smallest absolute Gasteiger partial charge is 0.256 e. The molecule has 0 saturated carbocycles.